The van der Waals surface area contributed by atoms with Crippen molar-refractivity contribution in [2.75, 3.05) is 19.7 Å². The van der Waals surface area contributed by atoms with Crippen LogP contribution in [-0.2, 0) is 16.0 Å². The fraction of sp³-hybridized carbons (Fsp3) is 0.333. The van der Waals surface area contributed by atoms with Gasteiger partial charge in [-0.1, -0.05) is 74.0 Å². The molecule has 0 unspecified atom stereocenters. The number of hydrogen-bond donors (Lipinski definition) is 1. The number of carbonyl (C=O) groups excluding carboxylic acids is 2. The molecule has 33 heavy (non-hydrogen) atoms. The van der Waals surface area contributed by atoms with Crippen molar-refractivity contribution in [1.29, 1.82) is 0 Å². The normalized spacial score (nSPS) is 11.7. The summed E-state index contributed by atoms with van der Waals surface area (Å²) in [5.74, 6) is 0.242. The highest BCUT2D eigenvalue weighted by molar-refractivity contribution is 9.10. The minimum absolute atomic E-state index is 0.141. The van der Waals surface area contributed by atoms with Crippen molar-refractivity contribution in [3.8, 4) is 5.75 Å². The summed E-state index contributed by atoms with van der Waals surface area (Å²) in [5.41, 5.74) is 1.12. The summed E-state index contributed by atoms with van der Waals surface area (Å²) in [6.45, 7) is 4.76. The zero-order valence-corrected chi connectivity index (χ0v) is 20.8. The maximum absolute atomic E-state index is 13.2. The maximum Gasteiger partial charge on any atom is 0.261 e. The number of nitrogens with zero attached hydrogens (tertiary/aromatic N) is 1. The fourth-order valence-corrected chi connectivity index (χ4v) is 4.26. The summed E-state index contributed by atoms with van der Waals surface area (Å²) < 4.78 is 6.71. The summed E-state index contributed by atoms with van der Waals surface area (Å²) in [6, 6.07) is 21.2. The van der Waals surface area contributed by atoms with Crippen molar-refractivity contribution < 1.29 is 14.3 Å². The van der Waals surface area contributed by atoms with Gasteiger partial charge >= 0.3 is 0 Å². The highest BCUT2D eigenvalue weighted by Gasteiger charge is 2.26. The summed E-state index contributed by atoms with van der Waals surface area (Å²) >= 11 is 3.60. The van der Waals surface area contributed by atoms with Gasteiger partial charge in [-0.2, -0.15) is 0 Å². The van der Waals surface area contributed by atoms with Gasteiger partial charge < -0.3 is 15.0 Å². The molecule has 0 spiro atoms. The Labute approximate surface area is 204 Å². The van der Waals surface area contributed by atoms with E-state index in [1.54, 1.807) is 11.8 Å². The Morgan fingerprint density at radius 2 is 1.76 bits per heavy atom. The Morgan fingerprint density at radius 3 is 2.52 bits per heavy atom. The summed E-state index contributed by atoms with van der Waals surface area (Å²) in [5, 5.41) is 5.05. The Bertz CT molecular complexity index is 1070. The fourth-order valence-electron chi connectivity index (χ4n) is 3.65. The van der Waals surface area contributed by atoms with Gasteiger partial charge in [-0.25, -0.2) is 0 Å². The van der Waals surface area contributed by atoms with Gasteiger partial charge in [-0.15, -0.1) is 0 Å². The average Bonchev–Trinajstić information content (AvgIpc) is 2.84. The van der Waals surface area contributed by atoms with Crippen molar-refractivity contribution in [3.05, 3.63) is 76.8 Å². The van der Waals surface area contributed by atoms with Gasteiger partial charge in [-0.05, 0) is 58.1 Å². The second-order valence-electron chi connectivity index (χ2n) is 8.03. The molecule has 6 heteroatoms. The van der Waals surface area contributed by atoms with Gasteiger partial charge in [0.2, 0.25) is 5.91 Å². The Balaban J connectivity index is 1.70. The number of nitrogens with one attached hydrogen (secondary N) is 1. The first-order valence-corrected chi connectivity index (χ1v) is 12.2. The Hall–Kier alpha value is -2.86. The van der Waals surface area contributed by atoms with Crippen LogP contribution in [0.25, 0.3) is 10.8 Å². The molecule has 0 bridgehead atoms. The number of benzene rings is 3. The first-order valence-electron chi connectivity index (χ1n) is 11.4. The molecule has 0 fully saturated rings. The van der Waals surface area contributed by atoms with Crippen LogP contribution in [0, 0.1) is 0 Å². The quantitative estimate of drug-likeness (QED) is 0.353. The molecule has 0 heterocycles. The van der Waals surface area contributed by atoms with Crippen molar-refractivity contribution in [2.24, 2.45) is 0 Å². The molecule has 0 aliphatic heterocycles. The third kappa shape index (κ3) is 6.81. The zero-order chi connectivity index (χ0) is 23.6. The van der Waals surface area contributed by atoms with Crippen LogP contribution in [0.3, 0.4) is 0 Å². The second kappa shape index (κ2) is 12.4. The van der Waals surface area contributed by atoms with Crippen molar-refractivity contribution >= 4 is 38.5 Å². The standard InChI is InChI=1S/C27H31BrN2O3/c1-3-4-17-29-27(32)20(2)30(18-16-21-10-6-5-7-11-21)25(31)19-33-24-15-14-22-12-8-9-13-23(22)26(24)28/h5-15,20H,3-4,16-19H2,1-2H3,(H,29,32)/t20-/m0/s1. The number of amides is 2. The predicted octanol–water partition coefficient (Wildman–Crippen LogP) is 5.36. The molecule has 1 N–H and O–H groups in total. The molecule has 3 rings (SSSR count). The molecule has 5 nitrogen and oxygen atoms in total. The lowest BCUT2D eigenvalue weighted by molar-refractivity contribution is -0.141. The topological polar surface area (TPSA) is 58.6 Å². The minimum Gasteiger partial charge on any atom is -0.483 e. The van der Waals surface area contributed by atoms with E-state index in [2.05, 4.69) is 28.2 Å². The van der Waals surface area contributed by atoms with Gasteiger partial charge in [0.05, 0.1) is 4.47 Å². The summed E-state index contributed by atoms with van der Waals surface area (Å²) in [7, 11) is 0. The molecule has 3 aromatic rings. The third-order valence-electron chi connectivity index (χ3n) is 5.66. The molecular formula is C27H31BrN2O3. The Kier molecular flexibility index (Phi) is 9.31. The number of unbranched alkanes of at least 4 members (excludes halogenated alkanes) is 1. The van der Waals surface area contributed by atoms with Crippen LogP contribution in [0.1, 0.15) is 32.3 Å². The smallest absolute Gasteiger partial charge is 0.261 e. The molecule has 0 aliphatic rings. The number of hydrogen-bond acceptors (Lipinski definition) is 3. The molecule has 0 aromatic heterocycles. The lowest BCUT2D eigenvalue weighted by Crippen LogP contribution is -2.50. The average molecular weight is 511 g/mol. The van der Waals surface area contributed by atoms with Crippen molar-refractivity contribution in [3.63, 3.8) is 0 Å². The highest BCUT2D eigenvalue weighted by atomic mass is 79.9. The van der Waals surface area contributed by atoms with E-state index in [1.165, 1.54) is 0 Å². The Morgan fingerprint density at radius 1 is 1.03 bits per heavy atom. The molecule has 1 atom stereocenters. The maximum atomic E-state index is 13.2. The van der Waals surface area contributed by atoms with Crippen LogP contribution in [0.4, 0.5) is 0 Å². The van der Waals surface area contributed by atoms with Crippen LogP contribution in [0.2, 0.25) is 0 Å². The van der Waals surface area contributed by atoms with Crippen LogP contribution < -0.4 is 10.1 Å². The zero-order valence-electron chi connectivity index (χ0n) is 19.2. The van der Waals surface area contributed by atoms with E-state index in [0.29, 0.717) is 25.3 Å². The van der Waals surface area contributed by atoms with Crippen molar-refractivity contribution in [2.45, 2.75) is 39.2 Å². The van der Waals surface area contributed by atoms with E-state index in [0.717, 1.165) is 33.7 Å². The van der Waals surface area contributed by atoms with Crippen LogP contribution in [-0.4, -0.2) is 42.5 Å². The molecular weight excluding hydrogens is 480 g/mol. The molecule has 0 aliphatic carbocycles. The number of fused-ring (bicyclic) bond motifs is 1. The first-order chi connectivity index (χ1) is 16.0. The van der Waals surface area contributed by atoms with Gasteiger partial charge in [0, 0.05) is 13.1 Å². The molecule has 0 saturated carbocycles. The van der Waals surface area contributed by atoms with E-state index in [4.69, 9.17) is 4.74 Å². The van der Waals surface area contributed by atoms with Gasteiger partial charge in [0.15, 0.2) is 6.61 Å². The molecule has 174 valence electrons. The molecule has 0 radical (unpaired) electrons. The van der Waals surface area contributed by atoms with Crippen molar-refractivity contribution in [1.82, 2.24) is 10.2 Å². The lowest BCUT2D eigenvalue weighted by Gasteiger charge is -2.28. The molecule has 2 amide bonds. The van der Waals surface area contributed by atoms with Gasteiger partial charge in [0.25, 0.3) is 5.91 Å². The van der Waals surface area contributed by atoms with Crippen LogP contribution in [0.5, 0.6) is 5.75 Å². The molecule has 3 aromatic carbocycles. The second-order valence-corrected chi connectivity index (χ2v) is 8.82. The predicted molar refractivity (Wildman–Crippen MR) is 136 cm³/mol. The monoisotopic (exact) mass is 510 g/mol. The van der Waals surface area contributed by atoms with E-state index in [-0.39, 0.29) is 18.4 Å². The molecule has 0 saturated heterocycles. The SMILES string of the molecule is CCCCNC(=O)[C@H](C)N(CCc1ccccc1)C(=O)COc1ccc2ccccc2c1Br. The van der Waals surface area contributed by atoms with Crippen LogP contribution in [0.15, 0.2) is 71.2 Å². The van der Waals surface area contributed by atoms with E-state index in [9.17, 15) is 9.59 Å². The number of carbonyl (C=O) groups is 2. The number of rotatable bonds is 11. The highest BCUT2D eigenvalue weighted by Crippen LogP contribution is 2.33. The lowest BCUT2D eigenvalue weighted by atomic mass is 10.1. The third-order valence-corrected chi connectivity index (χ3v) is 6.48. The largest absolute Gasteiger partial charge is 0.483 e. The number of halogens is 1. The van der Waals surface area contributed by atoms with E-state index >= 15 is 0 Å². The minimum atomic E-state index is -0.582. The number of ether oxygens (including phenoxy) is 1. The van der Waals surface area contributed by atoms with Gasteiger partial charge in [0.1, 0.15) is 11.8 Å². The van der Waals surface area contributed by atoms with E-state index < -0.39 is 6.04 Å². The summed E-state index contributed by atoms with van der Waals surface area (Å²) in [6.07, 6.45) is 2.58. The summed E-state index contributed by atoms with van der Waals surface area (Å²) in [4.78, 5) is 27.5. The van der Waals surface area contributed by atoms with Gasteiger partial charge in [-0.3, -0.25) is 9.59 Å². The first kappa shape index (κ1) is 24.8. The van der Waals surface area contributed by atoms with E-state index in [1.807, 2.05) is 66.7 Å². The van der Waals surface area contributed by atoms with Crippen LogP contribution >= 0.6 is 15.9 Å².